The van der Waals surface area contributed by atoms with Crippen molar-refractivity contribution in [3.05, 3.63) is 68.6 Å². The van der Waals surface area contributed by atoms with Gasteiger partial charge in [0.15, 0.2) is 11.5 Å². The SMILES string of the molecule is COc1ccc(C2c3sc(=O)n(CC(=O)N4CCOCC4)c3SC3C(=O)N(c4ccccc4)C(=O)C32)cc1OC. The number of para-hydroxylation sites is 1. The second-order valence-electron chi connectivity index (χ2n) is 9.62. The van der Waals surface area contributed by atoms with E-state index in [0.717, 1.165) is 16.9 Å². The minimum Gasteiger partial charge on any atom is -0.493 e. The molecule has 12 heteroatoms. The van der Waals surface area contributed by atoms with Crippen molar-refractivity contribution in [2.45, 2.75) is 22.7 Å². The third-order valence-electron chi connectivity index (χ3n) is 7.49. The molecule has 3 aliphatic rings. The number of hydrogen-bond donors (Lipinski definition) is 0. The number of hydrogen-bond acceptors (Lipinski definition) is 9. The maximum atomic E-state index is 14.0. The van der Waals surface area contributed by atoms with Gasteiger partial charge < -0.3 is 19.1 Å². The van der Waals surface area contributed by atoms with Gasteiger partial charge in [-0.1, -0.05) is 47.4 Å². The Morgan fingerprint density at radius 2 is 1.70 bits per heavy atom. The first-order valence-corrected chi connectivity index (χ1v) is 14.5. The maximum absolute atomic E-state index is 14.0. The molecule has 3 aliphatic heterocycles. The molecule has 4 heterocycles. The Kier molecular flexibility index (Phi) is 7.15. The van der Waals surface area contributed by atoms with E-state index in [0.29, 0.717) is 53.4 Å². The van der Waals surface area contributed by atoms with Crippen molar-refractivity contribution >= 4 is 46.5 Å². The normalized spacial score (nSPS) is 22.2. The number of anilines is 1. The van der Waals surface area contributed by atoms with Gasteiger partial charge in [-0.25, -0.2) is 4.90 Å². The maximum Gasteiger partial charge on any atom is 0.308 e. The van der Waals surface area contributed by atoms with E-state index in [1.54, 1.807) is 41.3 Å². The summed E-state index contributed by atoms with van der Waals surface area (Å²) in [6.07, 6.45) is 0. The van der Waals surface area contributed by atoms with Crippen molar-refractivity contribution in [3.63, 3.8) is 0 Å². The van der Waals surface area contributed by atoms with E-state index in [1.165, 1.54) is 35.4 Å². The Morgan fingerprint density at radius 3 is 2.40 bits per heavy atom. The van der Waals surface area contributed by atoms with E-state index in [9.17, 15) is 19.2 Å². The molecule has 0 saturated carbocycles. The van der Waals surface area contributed by atoms with Crippen LogP contribution < -0.4 is 19.2 Å². The Hall–Kier alpha value is -3.61. The summed E-state index contributed by atoms with van der Waals surface area (Å²) in [4.78, 5) is 57.6. The molecular formula is C28H27N3O7S2. The van der Waals surface area contributed by atoms with Crippen LogP contribution >= 0.6 is 23.1 Å². The van der Waals surface area contributed by atoms with Crippen molar-refractivity contribution in [2.75, 3.05) is 45.4 Å². The van der Waals surface area contributed by atoms with Crippen LogP contribution in [0.15, 0.2) is 58.4 Å². The van der Waals surface area contributed by atoms with Crippen molar-refractivity contribution in [1.82, 2.24) is 9.47 Å². The van der Waals surface area contributed by atoms with E-state index in [2.05, 4.69) is 0 Å². The molecule has 0 N–H and O–H groups in total. The molecule has 3 unspecified atom stereocenters. The van der Waals surface area contributed by atoms with E-state index in [1.807, 2.05) is 12.1 Å². The number of benzene rings is 2. The number of ether oxygens (including phenoxy) is 3. The van der Waals surface area contributed by atoms with Gasteiger partial charge in [0.1, 0.15) is 11.8 Å². The molecule has 0 bridgehead atoms. The highest BCUT2D eigenvalue weighted by molar-refractivity contribution is 8.00. The predicted octanol–water partition coefficient (Wildman–Crippen LogP) is 2.58. The van der Waals surface area contributed by atoms with E-state index < -0.39 is 17.1 Å². The van der Waals surface area contributed by atoms with Crippen molar-refractivity contribution < 1.29 is 28.6 Å². The van der Waals surface area contributed by atoms with Crippen LogP contribution in [0.2, 0.25) is 0 Å². The first kappa shape index (κ1) is 26.6. The molecule has 40 heavy (non-hydrogen) atoms. The quantitative estimate of drug-likeness (QED) is 0.409. The highest BCUT2D eigenvalue weighted by Gasteiger charge is 2.57. The van der Waals surface area contributed by atoms with Gasteiger partial charge in [-0.05, 0) is 29.8 Å². The number of morpholine rings is 1. The zero-order chi connectivity index (χ0) is 28.0. The Labute approximate surface area is 238 Å². The molecule has 0 spiro atoms. The highest BCUT2D eigenvalue weighted by atomic mass is 32.2. The topological polar surface area (TPSA) is 107 Å². The number of methoxy groups -OCH3 is 2. The summed E-state index contributed by atoms with van der Waals surface area (Å²) in [5.41, 5.74) is 1.22. The number of rotatable bonds is 6. The fourth-order valence-corrected chi connectivity index (χ4v) is 8.31. The smallest absolute Gasteiger partial charge is 0.308 e. The summed E-state index contributed by atoms with van der Waals surface area (Å²) in [5, 5.41) is -0.217. The Balaban J connectivity index is 1.46. The second kappa shape index (κ2) is 10.8. The fraction of sp³-hybridized carbons (Fsp3) is 0.357. The van der Waals surface area contributed by atoms with Gasteiger partial charge in [0.25, 0.3) is 0 Å². The molecule has 0 aliphatic carbocycles. The molecule has 3 atom stereocenters. The van der Waals surface area contributed by atoms with Crippen LogP contribution in [0.3, 0.4) is 0 Å². The number of thioether (sulfide) groups is 1. The molecule has 3 aromatic rings. The van der Waals surface area contributed by atoms with Crippen molar-refractivity contribution in [2.24, 2.45) is 5.92 Å². The predicted molar refractivity (Wildman–Crippen MR) is 149 cm³/mol. The monoisotopic (exact) mass is 581 g/mol. The van der Waals surface area contributed by atoms with Gasteiger partial charge in [0, 0.05) is 23.9 Å². The number of nitrogens with zero attached hydrogens (tertiary/aromatic N) is 3. The van der Waals surface area contributed by atoms with Crippen LogP contribution in [0.25, 0.3) is 0 Å². The van der Waals surface area contributed by atoms with Gasteiger partial charge >= 0.3 is 4.87 Å². The molecular weight excluding hydrogens is 554 g/mol. The van der Waals surface area contributed by atoms with E-state index >= 15 is 0 Å². The van der Waals surface area contributed by atoms with Crippen LogP contribution in [-0.2, 0) is 25.7 Å². The number of imide groups is 1. The van der Waals surface area contributed by atoms with Gasteiger partial charge in [0.05, 0.1) is 44.1 Å². The first-order chi connectivity index (χ1) is 19.4. The van der Waals surface area contributed by atoms with Crippen LogP contribution in [0, 0.1) is 5.92 Å². The van der Waals surface area contributed by atoms with E-state index in [-0.39, 0.29) is 29.1 Å². The molecule has 0 radical (unpaired) electrons. The third-order valence-corrected chi connectivity index (χ3v) is 10.1. The molecule has 1 aromatic heterocycles. The molecule has 208 valence electrons. The Bertz CT molecular complexity index is 1530. The molecule has 3 amide bonds. The first-order valence-electron chi connectivity index (χ1n) is 12.8. The molecule has 2 fully saturated rings. The van der Waals surface area contributed by atoms with Gasteiger partial charge in [-0.3, -0.25) is 23.7 Å². The van der Waals surface area contributed by atoms with Crippen molar-refractivity contribution in [3.8, 4) is 11.5 Å². The van der Waals surface area contributed by atoms with Gasteiger partial charge in [0.2, 0.25) is 17.7 Å². The minimum absolute atomic E-state index is 0.141. The lowest BCUT2D eigenvalue weighted by atomic mass is 9.83. The minimum atomic E-state index is -0.767. The molecule has 2 aromatic carbocycles. The second-order valence-corrected chi connectivity index (χ2v) is 11.7. The summed E-state index contributed by atoms with van der Waals surface area (Å²) in [5.74, 6) is -1.19. The van der Waals surface area contributed by atoms with Gasteiger partial charge in [-0.15, -0.1) is 0 Å². The average Bonchev–Trinajstić information content (AvgIpc) is 3.43. The fourth-order valence-electron chi connectivity index (χ4n) is 5.54. The lowest BCUT2D eigenvalue weighted by Gasteiger charge is -2.31. The molecule has 6 rings (SSSR count). The van der Waals surface area contributed by atoms with Crippen LogP contribution in [-0.4, -0.2) is 73.0 Å². The summed E-state index contributed by atoms with van der Waals surface area (Å²) < 4.78 is 17.8. The highest BCUT2D eigenvalue weighted by Crippen LogP contribution is 2.54. The number of fused-ring (bicyclic) bond motifs is 2. The van der Waals surface area contributed by atoms with Crippen LogP contribution in [0.1, 0.15) is 16.4 Å². The summed E-state index contributed by atoms with van der Waals surface area (Å²) in [7, 11) is 3.07. The summed E-state index contributed by atoms with van der Waals surface area (Å²) >= 11 is 2.22. The van der Waals surface area contributed by atoms with Gasteiger partial charge in [-0.2, -0.15) is 0 Å². The van der Waals surface area contributed by atoms with Crippen LogP contribution in [0.5, 0.6) is 11.5 Å². The number of carbonyl (C=O) groups excluding carboxylic acids is 3. The lowest BCUT2D eigenvalue weighted by Crippen LogP contribution is -2.43. The van der Waals surface area contributed by atoms with E-state index in [4.69, 9.17) is 14.2 Å². The zero-order valence-electron chi connectivity index (χ0n) is 21.9. The van der Waals surface area contributed by atoms with Crippen LogP contribution in [0.4, 0.5) is 5.69 Å². The van der Waals surface area contributed by atoms with Crippen molar-refractivity contribution in [1.29, 1.82) is 0 Å². The summed E-state index contributed by atoms with van der Waals surface area (Å²) in [6, 6.07) is 14.2. The lowest BCUT2D eigenvalue weighted by molar-refractivity contribution is -0.136. The number of carbonyl (C=O) groups is 3. The largest absolute Gasteiger partial charge is 0.493 e. The Morgan fingerprint density at radius 1 is 0.975 bits per heavy atom. The number of aromatic nitrogens is 1. The summed E-state index contributed by atoms with van der Waals surface area (Å²) in [6.45, 7) is 1.69. The average molecular weight is 582 g/mol. The molecule has 2 saturated heterocycles. The number of thiazole rings is 1. The number of amides is 3. The standard InChI is InChI=1S/C28H27N3O7S2/c1-36-18-9-8-16(14-19(18)37-2)21-22-23(26(34)31(25(22)33)17-6-4-3-5-7-17)39-27-24(21)40-28(35)30(27)15-20(32)29-10-12-38-13-11-29/h3-9,14,21-23H,10-13,15H2,1-2H3. The third kappa shape index (κ3) is 4.40. The molecule has 10 nitrogen and oxygen atoms in total. The zero-order valence-corrected chi connectivity index (χ0v) is 23.5.